The average molecular weight is 619 g/mol. The summed E-state index contributed by atoms with van der Waals surface area (Å²) in [6, 6.07) is 35.8. The summed E-state index contributed by atoms with van der Waals surface area (Å²) >= 11 is 0. The van der Waals surface area contributed by atoms with Crippen LogP contribution in [0.1, 0.15) is 39.8 Å². The minimum Gasteiger partial charge on any atom is -0.273 e. The first-order valence-corrected chi connectivity index (χ1v) is 12.1. The van der Waals surface area contributed by atoms with Gasteiger partial charge in [0.25, 0.3) is 0 Å². The Morgan fingerprint density at radius 3 is 1.89 bits per heavy atom. The van der Waals surface area contributed by atoms with E-state index in [-0.39, 0.29) is 25.8 Å². The van der Waals surface area contributed by atoms with Crippen LogP contribution in [0.15, 0.2) is 109 Å². The number of benzene rings is 4. The topological polar surface area (TPSA) is 0 Å². The first-order valence-electron chi connectivity index (χ1n) is 12.1. The summed E-state index contributed by atoms with van der Waals surface area (Å²) in [5.74, 6) is 0. The molecule has 6 rings (SSSR count). The molecule has 0 saturated carbocycles. The monoisotopic (exact) mass is 620 g/mol. The van der Waals surface area contributed by atoms with E-state index in [1.54, 1.807) is 0 Å². The van der Waals surface area contributed by atoms with Gasteiger partial charge in [0.15, 0.2) is 0 Å². The van der Waals surface area contributed by atoms with Gasteiger partial charge in [-0.1, -0.05) is 96.9 Å². The molecule has 0 amide bonds. The molecule has 0 aliphatic heterocycles. The molecular weight excluding hydrogens is 587 g/mol. The van der Waals surface area contributed by atoms with Gasteiger partial charge in [-0.25, -0.2) is 12.2 Å². The Labute approximate surface area is 230 Å². The first kappa shape index (κ1) is 26.8. The van der Waals surface area contributed by atoms with Gasteiger partial charge in [-0.3, -0.25) is 6.08 Å². The van der Waals surface area contributed by atoms with Gasteiger partial charge in [-0.2, -0.15) is 29.8 Å². The van der Waals surface area contributed by atoms with E-state index in [4.69, 9.17) is 0 Å². The van der Waals surface area contributed by atoms with Crippen molar-refractivity contribution < 1.29 is 25.8 Å². The third-order valence-electron chi connectivity index (χ3n) is 6.07. The molecule has 4 aromatic carbocycles. The molecule has 0 aromatic heterocycles. The average Bonchev–Trinajstić information content (AvgIpc) is 3.56. The maximum atomic E-state index is 3.45. The second-order valence-corrected chi connectivity index (χ2v) is 8.85. The predicted octanol–water partition coefficient (Wildman–Crippen LogP) is 8.45. The van der Waals surface area contributed by atoms with Crippen molar-refractivity contribution in [3.63, 3.8) is 0 Å². The summed E-state index contributed by atoms with van der Waals surface area (Å²) in [4.78, 5) is 0. The summed E-state index contributed by atoms with van der Waals surface area (Å²) in [5.41, 5.74) is 11.0. The second kappa shape index (κ2) is 14.0. The minimum absolute atomic E-state index is 0. The van der Waals surface area contributed by atoms with Gasteiger partial charge in [-0.15, -0.1) is 17.5 Å². The fourth-order valence-electron chi connectivity index (χ4n) is 4.29. The Morgan fingerprint density at radius 1 is 0.714 bits per heavy atom. The van der Waals surface area contributed by atoms with E-state index in [0.717, 1.165) is 25.7 Å². The molecule has 2 aliphatic rings. The molecule has 0 bridgehead atoms. The third-order valence-corrected chi connectivity index (χ3v) is 6.07. The van der Waals surface area contributed by atoms with E-state index in [1.165, 1.54) is 44.5 Å². The van der Waals surface area contributed by atoms with Crippen LogP contribution in [-0.2, 0) is 45.1 Å². The number of hydrogen-bond acceptors (Lipinski definition) is 0. The number of allylic oxidation sites excluding steroid dienone is 4. The van der Waals surface area contributed by atoms with Gasteiger partial charge in [0.1, 0.15) is 0 Å². The van der Waals surface area contributed by atoms with Gasteiger partial charge in [-0.05, 0) is 42.9 Å². The molecule has 0 radical (unpaired) electrons. The maximum Gasteiger partial charge on any atom is 0 e. The van der Waals surface area contributed by atoms with Crippen molar-refractivity contribution >= 4 is 0 Å². The summed E-state index contributed by atoms with van der Waals surface area (Å²) in [7, 11) is 0. The number of hydrogen-bond donors (Lipinski definition) is 0. The van der Waals surface area contributed by atoms with Crippen molar-refractivity contribution in [2.75, 3.05) is 0 Å². The van der Waals surface area contributed by atoms with Crippen molar-refractivity contribution in [3.05, 3.63) is 155 Å². The molecule has 0 nitrogen and oxygen atoms in total. The maximum absolute atomic E-state index is 3.45. The van der Waals surface area contributed by atoms with Crippen LogP contribution >= 0.6 is 0 Å². The predicted molar refractivity (Wildman–Crippen MR) is 145 cm³/mol. The van der Waals surface area contributed by atoms with E-state index >= 15 is 0 Å². The molecule has 0 unspecified atom stereocenters. The third kappa shape index (κ3) is 8.15. The first-order chi connectivity index (χ1) is 16.7. The fraction of sp³-hybridized carbons (Fsp3) is 0.176. The van der Waals surface area contributed by atoms with Crippen LogP contribution < -0.4 is 0 Å². The Balaban J connectivity index is 0.000000160. The summed E-state index contributed by atoms with van der Waals surface area (Å²) in [5, 5.41) is 0. The van der Waals surface area contributed by atoms with Crippen LogP contribution in [0.25, 0.3) is 11.1 Å². The fourth-order valence-corrected chi connectivity index (χ4v) is 4.29. The SMILES string of the molecule is Cc1[c-]c2c(cc1)-c1ccc(C)cc1C2.[C-]1=CC=CC1.[Hf].c1ccc(CCc2ccccc2)cc1. The number of aryl methyl sites for hydroxylation is 4. The van der Waals surface area contributed by atoms with Crippen LogP contribution in [0.5, 0.6) is 0 Å². The summed E-state index contributed by atoms with van der Waals surface area (Å²) in [6.07, 6.45) is 13.3. The molecule has 1 heteroatoms. The van der Waals surface area contributed by atoms with Crippen LogP contribution in [0.3, 0.4) is 0 Å². The van der Waals surface area contributed by atoms with E-state index in [1.807, 2.05) is 12.2 Å². The summed E-state index contributed by atoms with van der Waals surface area (Å²) < 4.78 is 0. The van der Waals surface area contributed by atoms with Crippen molar-refractivity contribution in [3.8, 4) is 11.1 Å². The molecular formula is C34H32Hf-2. The molecule has 0 saturated heterocycles. The molecule has 174 valence electrons. The van der Waals surface area contributed by atoms with E-state index in [9.17, 15) is 0 Å². The van der Waals surface area contributed by atoms with Gasteiger partial charge >= 0.3 is 0 Å². The van der Waals surface area contributed by atoms with Crippen LogP contribution in [0.2, 0.25) is 0 Å². The van der Waals surface area contributed by atoms with Crippen molar-refractivity contribution in [1.82, 2.24) is 0 Å². The quantitative estimate of drug-likeness (QED) is 0.141. The minimum atomic E-state index is 0. The zero-order chi connectivity index (χ0) is 23.6. The van der Waals surface area contributed by atoms with Crippen LogP contribution in [0.4, 0.5) is 0 Å². The summed E-state index contributed by atoms with van der Waals surface area (Å²) in [6.45, 7) is 4.26. The standard InChI is InChI=1S/C15H13.C14H14.C5H5.Hf/c1-10-3-5-14-12(7-10)9-13-8-11(2)4-6-15(13)14;1-3-7-13(8-4-1)11-12-14-9-5-2-6-10-14;1-2-4-5-3-1;/h3-7H,9H2,1-2H3;1-10H,11-12H2;1-3H,4H2;/q-1;;-1;. The molecule has 0 N–H and O–H groups in total. The zero-order valence-corrected chi connectivity index (χ0v) is 24.3. The number of fused-ring (bicyclic) bond motifs is 3. The normalized spacial score (nSPS) is 11.8. The number of rotatable bonds is 3. The van der Waals surface area contributed by atoms with Crippen molar-refractivity contribution in [1.29, 1.82) is 0 Å². The zero-order valence-electron chi connectivity index (χ0n) is 20.7. The Kier molecular flexibility index (Phi) is 10.7. The van der Waals surface area contributed by atoms with E-state index in [2.05, 4.69) is 123 Å². The molecule has 2 aliphatic carbocycles. The Hall–Kier alpha value is -2.77. The van der Waals surface area contributed by atoms with E-state index < -0.39 is 0 Å². The molecule has 4 aromatic rings. The van der Waals surface area contributed by atoms with Crippen LogP contribution in [0, 0.1) is 26.0 Å². The smallest absolute Gasteiger partial charge is 0 e. The molecule has 0 spiro atoms. The molecule has 0 heterocycles. The molecule has 35 heavy (non-hydrogen) atoms. The van der Waals surface area contributed by atoms with Gasteiger partial charge < -0.3 is 0 Å². The largest absolute Gasteiger partial charge is 0.273 e. The Morgan fingerprint density at radius 2 is 1.34 bits per heavy atom. The molecule has 0 fully saturated rings. The van der Waals surface area contributed by atoms with Gasteiger partial charge in [0.2, 0.25) is 0 Å². The van der Waals surface area contributed by atoms with Gasteiger partial charge in [0.05, 0.1) is 0 Å². The van der Waals surface area contributed by atoms with Crippen LogP contribution in [-0.4, -0.2) is 0 Å². The van der Waals surface area contributed by atoms with Crippen molar-refractivity contribution in [2.24, 2.45) is 0 Å². The van der Waals surface area contributed by atoms with Gasteiger partial charge in [0, 0.05) is 25.8 Å². The van der Waals surface area contributed by atoms with Crippen molar-refractivity contribution in [2.45, 2.75) is 39.5 Å². The van der Waals surface area contributed by atoms with E-state index in [0.29, 0.717) is 0 Å². The Bertz CT molecular complexity index is 1150. The molecule has 0 atom stereocenters. The second-order valence-electron chi connectivity index (χ2n) is 8.85.